The molecule has 1 aliphatic rings. The maximum Gasteiger partial charge on any atom is 0.347 e. The van der Waals surface area contributed by atoms with Crippen molar-refractivity contribution in [2.24, 2.45) is 11.0 Å². The second kappa shape index (κ2) is 3.89. The predicted molar refractivity (Wildman–Crippen MR) is 45.5 cm³/mol. The summed E-state index contributed by atoms with van der Waals surface area (Å²) in [6, 6.07) is 0. The van der Waals surface area contributed by atoms with Crippen LogP contribution in [0.15, 0.2) is 0 Å². The van der Waals surface area contributed by atoms with E-state index in [0.717, 1.165) is 38.2 Å². The third kappa shape index (κ3) is 4.10. The van der Waals surface area contributed by atoms with E-state index >= 15 is 0 Å². The molecule has 0 spiro atoms. The maximum absolute atomic E-state index is 10.7. The Morgan fingerprint density at radius 1 is 1.36 bits per heavy atom. The van der Waals surface area contributed by atoms with Gasteiger partial charge in [0.2, 0.25) is 0 Å². The van der Waals surface area contributed by atoms with Crippen molar-refractivity contribution in [1.82, 2.24) is 4.31 Å². The Morgan fingerprint density at radius 2 is 1.91 bits per heavy atom. The van der Waals surface area contributed by atoms with Crippen LogP contribution < -0.4 is 11.0 Å². The molecule has 5 nitrogen and oxygen atoms in total. The van der Waals surface area contributed by atoms with E-state index in [9.17, 15) is 4.57 Å². The van der Waals surface area contributed by atoms with Crippen LogP contribution >= 0.6 is 19.9 Å². The van der Waals surface area contributed by atoms with Gasteiger partial charge >= 0.3 is 7.67 Å². The Labute approximate surface area is 70.3 Å². The zero-order chi connectivity index (χ0) is 8.32. The molecule has 1 aliphatic heterocycles. The van der Waals surface area contributed by atoms with Gasteiger partial charge in [-0.05, 0) is 12.8 Å². The predicted octanol–water partition coefficient (Wildman–Crippen LogP) is 0.687. The van der Waals surface area contributed by atoms with Gasteiger partial charge in [0.15, 0.2) is 0 Å². The molecular weight excluding hydrogens is 185 g/mol. The lowest BCUT2D eigenvalue weighted by Crippen LogP contribution is -2.12. The van der Waals surface area contributed by atoms with Crippen molar-refractivity contribution >= 4 is 19.9 Å². The fourth-order valence-electron chi connectivity index (χ4n) is 0.862. The Kier molecular flexibility index (Phi) is 3.36. The normalized spacial score (nSPS) is 20.9. The van der Waals surface area contributed by atoms with Gasteiger partial charge in [-0.2, -0.15) is 0 Å². The number of hydrogen-bond acceptors (Lipinski definition) is 4. The van der Waals surface area contributed by atoms with E-state index in [1.54, 1.807) is 0 Å². The van der Waals surface area contributed by atoms with Gasteiger partial charge in [-0.3, -0.25) is 4.57 Å². The molecule has 66 valence electrons. The third-order valence-corrected chi connectivity index (χ3v) is 3.09. The summed E-state index contributed by atoms with van der Waals surface area (Å²) in [4.78, 5) is 0. The van der Waals surface area contributed by atoms with Crippen LogP contribution in [-0.4, -0.2) is 17.4 Å². The zero-order valence-electron chi connectivity index (χ0n) is 6.10. The second-order valence-electron chi connectivity index (χ2n) is 2.43. The van der Waals surface area contributed by atoms with Crippen molar-refractivity contribution < 1.29 is 8.54 Å². The van der Waals surface area contributed by atoms with E-state index in [1.165, 1.54) is 0 Å². The van der Waals surface area contributed by atoms with Crippen molar-refractivity contribution in [3.63, 3.8) is 0 Å². The first kappa shape index (κ1) is 9.51. The lowest BCUT2D eigenvalue weighted by Gasteiger charge is -2.13. The number of rotatable bonds is 3. The Balaban J connectivity index is 2.16. The maximum atomic E-state index is 10.7. The van der Waals surface area contributed by atoms with Gasteiger partial charge in [-0.15, -0.1) is 0 Å². The minimum atomic E-state index is -3.30. The summed E-state index contributed by atoms with van der Waals surface area (Å²) < 4.78 is 17.3. The molecule has 1 saturated heterocycles. The van der Waals surface area contributed by atoms with Crippen LogP contribution in [0.2, 0.25) is 0 Å². The molecule has 0 radical (unpaired) electrons. The van der Waals surface area contributed by atoms with Gasteiger partial charge in [0.1, 0.15) is 0 Å². The lowest BCUT2D eigenvalue weighted by molar-refractivity contribution is 0.485. The topological polar surface area (TPSA) is 81.6 Å². The fraction of sp³-hybridized carbons (Fsp3) is 1.00. The van der Waals surface area contributed by atoms with Crippen LogP contribution in [0.1, 0.15) is 12.8 Å². The summed E-state index contributed by atoms with van der Waals surface area (Å²) in [5, 5.41) is 0. The van der Waals surface area contributed by atoms with E-state index in [0.29, 0.717) is 0 Å². The third-order valence-electron chi connectivity index (χ3n) is 1.32. The summed E-state index contributed by atoms with van der Waals surface area (Å²) in [6.07, 6.45) is 2.30. The highest BCUT2D eigenvalue weighted by molar-refractivity contribution is 7.96. The average molecular weight is 197 g/mol. The highest BCUT2D eigenvalue weighted by Crippen LogP contribution is 2.35. The quantitative estimate of drug-likeness (QED) is 0.393. The SMILES string of the molecule is NP(N)(=O)OSN1CCCC1. The molecule has 0 aromatic carbocycles. The molecule has 0 atom stereocenters. The number of nitrogens with two attached hydrogens (primary N) is 2. The van der Waals surface area contributed by atoms with Gasteiger partial charge < -0.3 is 0 Å². The smallest absolute Gasteiger partial charge is 0.255 e. The van der Waals surface area contributed by atoms with Crippen LogP contribution in [-0.2, 0) is 8.54 Å². The fourth-order valence-corrected chi connectivity index (χ4v) is 2.06. The molecule has 11 heavy (non-hydrogen) atoms. The molecule has 0 aliphatic carbocycles. The summed E-state index contributed by atoms with van der Waals surface area (Å²) in [5.41, 5.74) is 9.95. The molecule has 0 aromatic rings. The Bertz CT molecular complexity index is 167. The first-order valence-electron chi connectivity index (χ1n) is 3.36. The summed E-state index contributed by atoms with van der Waals surface area (Å²) in [5.74, 6) is 0. The molecule has 0 amide bonds. The molecule has 1 heterocycles. The Morgan fingerprint density at radius 3 is 2.36 bits per heavy atom. The molecule has 0 bridgehead atoms. The van der Waals surface area contributed by atoms with Crippen LogP contribution in [0, 0.1) is 0 Å². The second-order valence-corrected chi connectivity index (χ2v) is 4.98. The van der Waals surface area contributed by atoms with E-state index in [1.807, 2.05) is 4.31 Å². The number of hydrogen-bond donors (Lipinski definition) is 2. The molecule has 7 heteroatoms. The highest BCUT2D eigenvalue weighted by Gasteiger charge is 2.17. The minimum absolute atomic E-state index is 0.949. The van der Waals surface area contributed by atoms with Crippen molar-refractivity contribution in [3.8, 4) is 0 Å². The van der Waals surface area contributed by atoms with Gasteiger partial charge in [-0.1, -0.05) is 0 Å². The first-order chi connectivity index (χ1) is 5.08. The van der Waals surface area contributed by atoms with E-state index in [4.69, 9.17) is 11.0 Å². The van der Waals surface area contributed by atoms with E-state index < -0.39 is 7.67 Å². The van der Waals surface area contributed by atoms with Gasteiger partial charge in [0.05, 0.1) is 12.2 Å². The van der Waals surface area contributed by atoms with E-state index in [-0.39, 0.29) is 0 Å². The molecule has 0 saturated carbocycles. The minimum Gasteiger partial charge on any atom is -0.255 e. The summed E-state index contributed by atoms with van der Waals surface area (Å²) in [7, 11) is -3.30. The molecule has 4 N–H and O–H groups in total. The van der Waals surface area contributed by atoms with Crippen molar-refractivity contribution in [2.45, 2.75) is 12.8 Å². The van der Waals surface area contributed by atoms with Gasteiger partial charge in [0, 0.05) is 13.1 Å². The molecular formula is C4H12N3O2PS. The lowest BCUT2D eigenvalue weighted by atomic mass is 10.4. The van der Waals surface area contributed by atoms with Crippen LogP contribution in [0.3, 0.4) is 0 Å². The van der Waals surface area contributed by atoms with Crippen LogP contribution in [0.5, 0.6) is 0 Å². The first-order valence-corrected chi connectivity index (χ1v) is 5.82. The van der Waals surface area contributed by atoms with Gasteiger partial charge in [0.25, 0.3) is 0 Å². The van der Waals surface area contributed by atoms with Crippen LogP contribution in [0.4, 0.5) is 0 Å². The largest absolute Gasteiger partial charge is 0.347 e. The summed E-state index contributed by atoms with van der Waals surface area (Å²) in [6.45, 7) is 1.90. The van der Waals surface area contributed by atoms with Crippen molar-refractivity contribution in [3.05, 3.63) is 0 Å². The van der Waals surface area contributed by atoms with Crippen LogP contribution in [0.25, 0.3) is 0 Å². The monoisotopic (exact) mass is 197 g/mol. The van der Waals surface area contributed by atoms with Gasteiger partial charge in [-0.25, -0.2) is 19.3 Å². The number of nitrogens with zero attached hydrogens (tertiary/aromatic N) is 1. The van der Waals surface area contributed by atoms with Crippen molar-refractivity contribution in [1.29, 1.82) is 0 Å². The van der Waals surface area contributed by atoms with E-state index in [2.05, 4.69) is 3.97 Å². The Hall–Kier alpha value is 0.420. The molecule has 1 fully saturated rings. The summed E-state index contributed by atoms with van der Waals surface area (Å²) >= 11 is 1.01. The molecule has 0 aromatic heterocycles. The van der Waals surface area contributed by atoms with Crippen molar-refractivity contribution in [2.75, 3.05) is 13.1 Å². The zero-order valence-corrected chi connectivity index (χ0v) is 7.81. The molecule has 0 unspecified atom stereocenters. The highest BCUT2D eigenvalue weighted by atomic mass is 32.2. The molecule has 1 rings (SSSR count). The standard InChI is InChI=1S/C4H12N3O2PS/c5-10(6,8)9-11-7-3-1-2-4-7/h1-4H2,(H4,5,6,8). The average Bonchev–Trinajstić information content (AvgIpc) is 2.32.